The molecule has 0 aliphatic carbocycles. The molecule has 0 fully saturated rings. The van der Waals surface area contributed by atoms with Crippen LogP contribution >= 0.6 is 15.9 Å². The monoisotopic (exact) mass is 255 g/mol. The van der Waals surface area contributed by atoms with Gasteiger partial charge in [-0.25, -0.2) is 4.39 Å². The average molecular weight is 256 g/mol. The van der Waals surface area contributed by atoms with Crippen molar-refractivity contribution in [1.29, 1.82) is 0 Å². The number of halogens is 5. The highest BCUT2D eigenvalue weighted by atomic mass is 79.9. The van der Waals surface area contributed by atoms with E-state index in [0.29, 0.717) is 4.47 Å². The van der Waals surface area contributed by atoms with E-state index in [4.69, 9.17) is 0 Å². The van der Waals surface area contributed by atoms with Crippen LogP contribution in [0.4, 0.5) is 17.3 Å². The molecule has 0 N–H and O–H groups in total. The zero-order valence-corrected chi connectivity index (χ0v) is 7.99. The third-order valence-corrected chi connectivity index (χ3v) is 1.96. The van der Waals surface area contributed by atoms with Gasteiger partial charge in [0.2, 0.25) is 0 Å². The molecular weight excluding hydrogens is 251 g/mol. The molecule has 0 aliphatic rings. The Morgan fingerprint density at radius 3 is 2.31 bits per heavy atom. The summed E-state index contributed by atoms with van der Waals surface area (Å²) in [6, 6.07) is 3.55. The van der Waals surface area contributed by atoms with Crippen LogP contribution in [0.15, 0.2) is 22.7 Å². The molecule has 0 radical (unpaired) electrons. The van der Waals surface area contributed by atoms with Crippen LogP contribution in [0.1, 0.15) is 5.56 Å². The van der Waals surface area contributed by atoms with E-state index in [2.05, 4.69) is 15.9 Å². The molecule has 1 aromatic rings. The zero-order chi connectivity index (χ0) is 10.1. The van der Waals surface area contributed by atoms with Gasteiger partial charge in [0.05, 0.1) is 0 Å². The second kappa shape index (κ2) is 3.70. The predicted octanol–water partition coefficient (Wildman–Crippen LogP) is 3.52. The number of hydrogen-bond acceptors (Lipinski definition) is 0. The third-order valence-electron chi connectivity index (χ3n) is 1.47. The summed E-state index contributed by atoms with van der Waals surface area (Å²) in [5, 5.41) is 0. The van der Waals surface area contributed by atoms with E-state index in [-0.39, 0.29) is 5.56 Å². The normalized spacial score (nSPS) is 11.8. The van der Waals surface area contributed by atoms with E-state index in [0.717, 1.165) is 12.1 Å². The first-order valence-corrected chi connectivity index (χ1v) is 4.33. The van der Waals surface area contributed by atoms with Gasteiger partial charge in [0.1, 0.15) is 5.82 Å². The van der Waals surface area contributed by atoms with Crippen molar-refractivity contribution < 1.29 is 17.3 Å². The maximum Gasteiger partial charge on any atom is 0.482 e. The lowest BCUT2D eigenvalue weighted by Crippen LogP contribution is -2.20. The summed E-state index contributed by atoms with van der Waals surface area (Å²) in [6.07, 6.45) is -1.17. The zero-order valence-electron chi connectivity index (χ0n) is 6.41. The lowest BCUT2D eigenvalue weighted by atomic mass is 9.82. The molecule has 0 atom stereocenters. The van der Waals surface area contributed by atoms with Crippen LogP contribution in [0.25, 0.3) is 0 Å². The highest BCUT2D eigenvalue weighted by Gasteiger charge is 2.24. The predicted molar refractivity (Wildman–Crippen MR) is 46.9 cm³/mol. The molecule has 1 aromatic carbocycles. The Bertz CT molecular complexity index is 310. The molecule has 1 rings (SSSR count). The molecule has 0 amide bonds. The standard InChI is InChI=1S/C7H5BBrF4/c9-6-2-1-5(7(10)3-6)4-8(11,12)13/h1-3H,4H2/q-1. The first kappa shape index (κ1) is 10.6. The minimum Gasteiger partial charge on any atom is -0.449 e. The van der Waals surface area contributed by atoms with Gasteiger partial charge in [0.25, 0.3) is 0 Å². The minimum atomic E-state index is -4.97. The van der Waals surface area contributed by atoms with Crippen LogP contribution in [0.5, 0.6) is 0 Å². The molecular formula is C7H5BBrF4-. The largest absolute Gasteiger partial charge is 0.482 e. The maximum atomic E-state index is 12.9. The molecule has 0 aliphatic heterocycles. The summed E-state index contributed by atoms with van der Waals surface area (Å²) in [5.41, 5.74) is -0.310. The van der Waals surface area contributed by atoms with Crippen LogP contribution in [0, 0.1) is 5.82 Å². The van der Waals surface area contributed by atoms with Gasteiger partial charge in [-0.2, -0.15) is 0 Å². The van der Waals surface area contributed by atoms with Gasteiger partial charge in [-0.1, -0.05) is 28.3 Å². The van der Waals surface area contributed by atoms with Crippen LogP contribution in [0.2, 0.25) is 0 Å². The van der Waals surface area contributed by atoms with E-state index in [1.165, 1.54) is 6.07 Å². The maximum absolute atomic E-state index is 12.9. The van der Waals surface area contributed by atoms with Crippen LogP contribution in [0.3, 0.4) is 0 Å². The Morgan fingerprint density at radius 2 is 1.85 bits per heavy atom. The number of hydrogen-bond donors (Lipinski definition) is 0. The lowest BCUT2D eigenvalue weighted by molar-refractivity contribution is 0.464. The summed E-state index contributed by atoms with van der Waals surface area (Å²) in [7, 11) is 0. The number of benzene rings is 1. The van der Waals surface area contributed by atoms with Gasteiger partial charge < -0.3 is 12.9 Å². The van der Waals surface area contributed by atoms with E-state index >= 15 is 0 Å². The first-order chi connectivity index (χ1) is 5.88. The average Bonchev–Trinajstić information content (AvgIpc) is 1.93. The summed E-state index contributed by atoms with van der Waals surface area (Å²) in [5.74, 6) is -0.825. The Hall–Kier alpha value is -0.515. The minimum absolute atomic E-state index is 0.310. The molecule has 6 heteroatoms. The van der Waals surface area contributed by atoms with E-state index in [9.17, 15) is 17.3 Å². The van der Waals surface area contributed by atoms with Gasteiger partial charge in [-0.15, -0.1) is 0 Å². The van der Waals surface area contributed by atoms with Gasteiger partial charge in [-0.3, -0.25) is 0 Å². The Morgan fingerprint density at radius 1 is 1.23 bits per heavy atom. The van der Waals surface area contributed by atoms with E-state index in [1.54, 1.807) is 0 Å². The van der Waals surface area contributed by atoms with Crippen LogP contribution in [-0.4, -0.2) is 6.98 Å². The molecule has 0 unspecified atom stereocenters. The van der Waals surface area contributed by atoms with E-state index in [1.807, 2.05) is 0 Å². The Balaban J connectivity index is 2.90. The Kier molecular flexibility index (Phi) is 3.00. The van der Waals surface area contributed by atoms with Gasteiger partial charge in [0, 0.05) is 4.47 Å². The molecule has 0 nitrogen and oxygen atoms in total. The van der Waals surface area contributed by atoms with E-state index < -0.39 is 19.1 Å². The van der Waals surface area contributed by atoms with Crippen molar-refractivity contribution in [1.82, 2.24) is 0 Å². The highest BCUT2D eigenvalue weighted by Crippen LogP contribution is 2.21. The molecule has 0 saturated heterocycles. The van der Waals surface area contributed by atoms with Crippen molar-refractivity contribution in [3.63, 3.8) is 0 Å². The SMILES string of the molecule is Fc1cc(Br)ccc1C[B-](F)(F)F. The fraction of sp³-hybridized carbons (Fsp3) is 0.143. The second-order valence-corrected chi connectivity index (χ2v) is 3.57. The smallest absolute Gasteiger partial charge is 0.449 e. The summed E-state index contributed by atoms with van der Waals surface area (Å²) < 4.78 is 49.0. The van der Waals surface area contributed by atoms with Crippen LogP contribution in [-0.2, 0) is 6.32 Å². The molecule has 0 aromatic heterocycles. The molecule has 0 bridgehead atoms. The summed E-state index contributed by atoms with van der Waals surface area (Å²) >= 11 is 2.96. The van der Waals surface area contributed by atoms with Crippen molar-refractivity contribution in [3.8, 4) is 0 Å². The second-order valence-electron chi connectivity index (χ2n) is 2.65. The Labute approximate surface area is 81.1 Å². The van der Waals surface area contributed by atoms with Crippen molar-refractivity contribution in [2.24, 2.45) is 0 Å². The molecule has 72 valence electrons. The van der Waals surface area contributed by atoms with Crippen molar-refractivity contribution in [2.45, 2.75) is 6.32 Å². The fourth-order valence-corrected chi connectivity index (χ4v) is 1.27. The third kappa shape index (κ3) is 3.38. The number of rotatable bonds is 2. The lowest BCUT2D eigenvalue weighted by Gasteiger charge is -2.13. The molecule has 0 heterocycles. The van der Waals surface area contributed by atoms with Gasteiger partial charge in [0.15, 0.2) is 0 Å². The molecule has 13 heavy (non-hydrogen) atoms. The summed E-state index contributed by atoms with van der Waals surface area (Å²) in [4.78, 5) is 0. The first-order valence-electron chi connectivity index (χ1n) is 3.53. The summed E-state index contributed by atoms with van der Waals surface area (Å²) in [6.45, 7) is -4.97. The van der Waals surface area contributed by atoms with Crippen molar-refractivity contribution in [3.05, 3.63) is 34.1 Å². The van der Waals surface area contributed by atoms with Crippen molar-refractivity contribution >= 4 is 22.9 Å². The molecule has 0 spiro atoms. The van der Waals surface area contributed by atoms with Crippen LogP contribution < -0.4 is 0 Å². The van der Waals surface area contributed by atoms with Gasteiger partial charge in [-0.05, 0) is 17.7 Å². The van der Waals surface area contributed by atoms with Crippen molar-refractivity contribution in [2.75, 3.05) is 0 Å². The fourth-order valence-electron chi connectivity index (χ4n) is 0.937. The highest BCUT2D eigenvalue weighted by molar-refractivity contribution is 9.10. The quantitative estimate of drug-likeness (QED) is 0.560. The molecule has 0 saturated carbocycles. The topological polar surface area (TPSA) is 0 Å². The van der Waals surface area contributed by atoms with Gasteiger partial charge >= 0.3 is 6.98 Å².